The highest BCUT2D eigenvalue weighted by atomic mass is 32.1. The highest BCUT2D eigenvalue weighted by Crippen LogP contribution is 2.28. The van der Waals surface area contributed by atoms with Gasteiger partial charge in [-0.25, -0.2) is 0 Å². The summed E-state index contributed by atoms with van der Waals surface area (Å²) in [7, 11) is 1.34. The molecule has 1 aromatic carbocycles. The third-order valence-electron chi connectivity index (χ3n) is 3.42. The van der Waals surface area contributed by atoms with Crippen LogP contribution >= 0.6 is 11.3 Å². The highest BCUT2D eigenvalue weighted by Gasteiger charge is 2.14. The topological polar surface area (TPSA) is 108 Å². The average molecular weight is 378 g/mol. The second-order valence-corrected chi connectivity index (χ2v) is 6.32. The predicted molar refractivity (Wildman–Crippen MR) is 96.5 cm³/mol. The van der Waals surface area contributed by atoms with E-state index in [4.69, 9.17) is 9.47 Å². The molecule has 0 spiro atoms. The number of nitrogens with zero attached hydrogens (tertiary/aromatic N) is 1. The van der Waals surface area contributed by atoms with E-state index in [2.05, 4.69) is 5.32 Å². The molecule has 1 amide bonds. The van der Waals surface area contributed by atoms with Crippen LogP contribution in [-0.2, 0) is 20.7 Å². The maximum absolute atomic E-state index is 11.9. The van der Waals surface area contributed by atoms with Crippen molar-refractivity contribution in [3.63, 3.8) is 0 Å². The van der Waals surface area contributed by atoms with Crippen molar-refractivity contribution >= 4 is 34.6 Å². The summed E-state index contributed by atoms with van der Waals surface area (Å²) < 4.78 is 9.96. The first-order valence-corrected chi connectivity index (χ1v) is 8.68. The minimum atomic E-state index is -0.563. The normalized spacial score (nSPS) is 10.2. The third-order valence-corrected chi connectivity index (χ3v) is 4.35. The van der Waals surface area contributed by atoms with Gasteiger partial charge in [0.25, 0.3) is 11.6 Å². The summed E-state index contributed by atoms with van der Waals surface area (Å²) in [6.07, 6.45) is 1.67. The van der Waals surface area contributed by atoms with Gasteiger partial charge in [0.1, 0.15) is 5.75 Å². The quantitative estimate of drug-likeness (QED) is 0.408. The number of nitro benzene ring substituents is 1. The first kappa shape index (κ1) is 19.4. The summed E-state index contributed by atoms with van der Waals surface area (Å²) in [6.45, 7) is -0.433. The van der Waals surface area contributed by atoms with E-state index in [9.17, 15) is 19.7 Å². The van der Waals surface area contributed by atoms with Crippen LogP contribution in [0.15, 0.2) is 35.7 Å². The number of thiophene rings is 1. The molecule has 0 unspecified atom stereocenters. The van der Waals surface area contributed by atoms with Crippen molar-refractivity contribution in [3.8, 4) is 5.75 Å². The van der Waals surface area contributed by atoms with Gasteiger partial charge >= 0.3 is 5.97 Å². The summed E-state index contributed by atoms with van der Waals surface area (Å²) in [6, 6.07) is 7.76. The van der Waals surface area contributed by atoms with Crippen LogP contribution in [0.3, 0.4) is 0 Å². The zero-order valence-electron chi connectivity index (χ0n) is 14.1. The number of hydrogen-bond acceptors (Lipinski definition) is 7. The van der Waals surface area contributed by atoms with Crippen LogP contribution in [0.2, 0.25) is 0 Å². The van der Waals surface area contributed by atoms with E-state index in [0.717, 1.165) is 6.42 Å². The number of rotatable bonds is 9. The number of esters is 1. The Kier molecular flexibility index (Phi) is 7.10. The lowest BCUT2D eigenvalue weighted by Crippen LogP contribution is -2.21. The van der Waals surface area contributed by atoms with E-state index in [0.29, 0.717) is 6.42 Å². The second-order valence-electron chi connectivity index (χ2n) is 5.28. The Bertz CT molecular complexity index is 776. The molecule has 0 aliphatic rings. The molecule has 2 rings (SSSR count). The van der Waals surface area contributed by atoms with Crippen LogP contribution in [0.4, 0.5) is 11.4 Å². The molecule has 0 saturated heterocycles. The molecule has 2 aromatic rings. The van der Waals surface area contributed by atoms with E-state index in [1.165, 1.54) is 30.2 Å². The minimum Gasteiger partial charge on any atom is -0.494 e. The fourth-order valence-electron chi connectivity index (χ4n) is 2.16. The standard InChI is InChI=1S/C17H18N2O6S/c1-24-15-10-12(19(22)23)7-8-14(15)18-16(20)11-25-17(21)6-2-4-13-5-3-9-26-13/h3,5,7-10H,2,4,6,11H2,1H3,(H,18,20). The van der Waals surface area contributed by atoms with Crippen LogP contribution < -0.4 is 10.1 Å². The van der Waals surface area contributed by atoms with E-state index in [-0.39, 0.29) is 23.5 Å². The van der Waals surface area contributed by atoms with Crippen molar-refractivity contribution in [2.24, 2.45) is 0 Å². The van der Waals surface area contributed by atoms with Crippen molar-refractivity contribution in [3.05, 3.63) is 50.7 Å². The van der Waals surface area contributed by atoms with Gasteiger partial charge in [0.15, 0.2) is 6.61 Å². The molecule has 8 nitrogen and oxygen atoms in total. The molecule has 138 valence electrons. The van der Waals surface area contributed by atoms with E-state index >= 15 is 0 Å². The molecule has 0 aliphatic heterocycles. The fraction of sp³-hybridized carbons (Fsp3) is 0.294. The van der Waals surface area contributed by atoms with E-state index in [1.54, 1.807) is 11.3 Å². The Morgan fingerprint density at radius 2 is 2.12 bits per heavy atom. The van der Waals surface area contributed by atoms with Gasteiger partial charge in [0.2, 0.25) is 0 Å². The highest BCUT2D eigenvalue weighted by molar-refractivity contribution is 7.09. The van der Waals surface area contributed by atoms with Gasteiger partial charge in [-0.1, -0.05) is 6.07 Å². The van der Waals surface area contributed by atoms with Crippen molar-refractivity contribution in [2.75, 3.05) is 19.0 Å². The number of nitrogens with one attached hydrogen (secondary N) is 1. The fourth-order valence-corrected chi connectivity index (χ4v) is 2.91. The lowest BCUT2D eigenvalue weighted by atomic mass is 10.2. The molecule has 0 bridgehead atoms. The molecule has 1 heterocycles. The van der Waals surface area contributed by atoms with Gasteiger partial charge in [-0.05, 0) is 30.4 Å². The number of hydrogen-bond donors (Lipinski definition) is 1. The van der Waals surface area contributed by atoms with Gasteiger partial charge in [-0.3, -0.25) is 19.7 Å². The van der Waals surface area contributed by atoms with Crippen LogP contribution in [0.25, 0.3) is 0 Å². The molecule has 0 radical (unpaired) electrons. The third kappa shape index (κ3) is 5.85. The molecule has 26 heavy (non-hydrogen) atoms. The van der Waals surface area contributed by atoms with E-state index in [1.807, 2.05) is 17.5 Å². The van der Waals surface area contributed by atoms with E-state index < -0.39 is 23.4 Å². The zero-order chi connectivity index (χ0) is 18.9. The monoisotopic (exact) mass is 378 g/mol. The van der Waals surface area contributed by atoms with Gasteiger partial charge in [-0.15, -0.1) is 11.3 Å². The van der Waals surface area contributed by atoms with Gasteiger partial charge in [0.05, 0.1) is 23.8 Å². The minimum absolute atomic E-state index is 0.148. The molecule has 1 N–H and O–H groups in total. The number of benzene rings is 1. The van der Waals surface area contributed by atoms with Crippen molar-refractivity contribution in [2.45, 2.75) is 19.3 Å². The van der Waals surface area contributed by atoms with Crippen LogP contribution in [0, 0.1) is 10.1 Å². The maximum atomic E-state index is 11.9. The summed E-state index contributed by atoms with van der Waals surface area (Å²) >= 11 is 1.63. The first-order chi connectivity index (χ1) is 12.5. The number of non-ortho nitro benzene ring substituents is 1. The van der Waals surface area contributed by atoms with Crippen molar-refractivity contribution in [1.29, 1.82) is 0 Å². The number of anilines is 1. The second kappa shape index (κ2) is 9.52. The Morgan fingerprint density at radius 3 is 2.77 bits per heavy atom. The summed E-state index contributed by atoms with van der Waals surface area (Å²) in [5, 5.41) is 15.2. The van der Waals surface area contributed by atoms with Gasteiger partial charge in [-0.2, -0.15) is 0 Å². The summed E-state index contributed by atoms with van der Waals surface area (Å²) in [4.78, 5) is 34.9. The lowest BCUT2D eigenvalue weighted by Gasteiger charge is -2.10. The Labute approximate surface area is 153 Å². The summed E-state index contributed by atoms with van der Waals surface area (Å²) in [5.74, 6) is -0.856. The largest absolute Gasteiger partial charge is 0.494 e. The first-order valence-electron chi connectivity index (χ1n) is 7.80. The number of nitro groups is 1. The SMILES string of the molecule is COc1cc([N+](=O)[O-])ccc1NC(=O)COC(=O)CCCc1cccs1. The summed E-state index contributed by atoms with van der Waals surface area (Å²) in [5.41, 5.74) is 0.105. The maximum Gasteiger partial charge on any atom is 0.306 e. The van der Waals surface area contributed by atoms with Gasteiger partial charge in [0, 0.05) is 17.4 Å². The molecule has 9 heteroatoms. The van der Waals surface area contributed by atoms with Crippen molar-refractivity contribution < 1.29 is 24.0 Å². The average Bonchev–Trinajstić information content (AvgIpc) is 3.13. The Hall–Kier alpha value is -2.94. The van der Waals surface area contributed by atoms with Crippen LogP contribution in [0.1, 0.15) is 17.7 Å². The number of aryl methyl sites for hydroxylation is 1. The van der Waals surface area contributed by atoms with Gasteiger partial charge < -0.3 is 14.8 Å². The molecule has 0 saturated carbocycles. The molecule has 1 aromatic heterocycles. The number of carbonyl (C=O) groups is 2. The van der Waals surface area contributed by atoms with Crippen molar-refractivity contribution in [1.82, 2.24) is 0 Å². The predicted octanol–water partition coefficient (Wildman–Crippen LogP) is 3.17. The molecular weight excluding hydrogens is 360 g/mol. The van der Waals surface area contributed by atoms with Crippen LogP contribution in [-0.4, -0.2) is 30.5 Å². The number of methoxy groups -OCH3 is 1. The molecule has 0 fully saturated rings. The Morgan fingerprint density at radius 1 is 1.31 bits per heavy atom. The van der Waals surface area contributed by atoms with Crippen LogP contribution in [0.5, 0.6) is 5.75 Å². The molecular formula is C17H18N2O6S. The smallest absolute Gasteiger partial charge is 0.306 e. The Balaban J connectivity index is 1.77. The lowest BCUT2D eigenvalue weighted by molar-refractivity contribution is -0.384. The molecule has 0 aliphatic carbocycles. The number of ether oxygens (including phenoxy) is 2. The zero-order valence-corrected chi connectivity index (χ0v) is 14.9. The number of carbonyl (C=O) groups excluding carboxylic acids is 2. The number of amides is 1. The molecule has 0 atom stereocenters.